The van der Waals surface area contributed by atoms with Crippen LogP contribution < -0.4 is 10.3 Å². The molecule has 0 spiro atoms. The largest absolute Gasteiger partial charge is 0.462 e. The van der Waals surface area contributed by atoms with Crippen LogP contribution in [-0.2, 0) is 4.74 Å². The summed E-state index contributed by atoms with van der Waals surface area (Å²) in [5.41, 5.74) is 0.560. The van der Waals surface area contributed by atoms with Crippen molar-refractivity contribution in [2.45, 2.75) is 6.92 Å². The Bertz CT molecular complexity index is 1280. The van der Waals surface area contributed by atoms with Gasteiger partial charge in [0.1, 0.15) is 11.3 Å². The Kier molecular flexibility index (Phi) is 6.35. The molecule has 33 heavy (non-hydrogen) atoms. The smallest absolute Gasteiger partial charge is 0.343 e. The topological polar surface area (TPSA) is 97.9 Å². The minimum Gasteiger partial charge on any atom is -0.462 e. The number of ether oxygens (including phenoxy) is 1. The van der Waals surface area contributed by atoms with Crippen LogP contribution in [0.3, 0.4) is 0 Å². The molecule has 0 bridgehead atoms. The molecule has 1 saturated heterocycles. The molecule has 9 nitrogen and oxygen atoms in total. The van der Waals surface area contributed by atoms with E-state index in [0.29, 0.717) is 35.0 Å². The predicted octanol–water partition coefficient (Wildman–Crippen LogP) is 3.48. The van der Waals surface area contributed by atoms with Crippen molar-refractivity contribution < 1.29 is 14.5 Å². The van der Waals surface area contributed by atoms with Gasteiger partial charge in [-0.3, -0.25) is 14.9 Å². The van der Waals surface area contributed by atoms with Gasteiger partial charge in [0.15, 0.2) is 0 Å². The molecule has 1 fully saturated rings. The van der Waals surface area contributed by atoms with Gasteiger partial charge in [0.25, 0.3) is 5.69 Å². The van der Waals surface area contributed by atoms with Crippen LogP contribution in [-0.4, -0.2) is 60.2 Å². The summed E-state index contributed by atoms with van der Waals surface area (Å²) in [6.07, 6.45) is 1.42. The number of fused-ring (bicyclic) bond motifs is 1. The lowest BCUT2D eigenvalue weighted by molar-refractivity contribution is -0.384. The maximum Gasteiger partial charge on any atom is 0.343 e. The molecule has 4 rings (SSSR count). The van der Waals surface area contributed by atoms with E-state index in [1.165, 1.54) is 12.3 Å². The minimum atomic E-state index is -0.780. The molecule has 0 atom stereocenters. The number of carbonyl (C=O) groups is 1. The van der Waals surface area contributed by atoms with Crippen molar-refractivity contribution in [2.75, 3.05) is 44.7 Å². The minimum absolute atomic E-state index is 0.0695. The number of likely N-dealkylation sites (N-methyl/N-ethyl adjacent to an activating group) is 1. The van der Waals surface area contributed by atoms with E-state index in [2.05, 4.69) is 4.90 Å². The number of hydrogen-bond acceptors (Lipinski definition) is 7. The van der Waals surface area contributed by atoms with Crippen molar-refractivity contribution in [3.63, 3.8) is 0 Å². The van der Waals surface area contributed by atoms with E-state index in [4.69, 9.17) is 16.3 Å². The van der Waals surface area contributed by atoms with Gasteiger partial charge in [-0.05, 0) is 44.3 Å². The second-order valence-corrected chi connectivity index (χ2v) is 8.28. The lowest BCUT2D eigenvalue weighted by Gasteiger charge is -2.33. The van der Waals surface area contributed by atoms with Gasteiger partial charge >= 0.3 is 5.97 Å². The number of anilines is 1. The normalized spacial score (nSPS) is 14.5. The zero-order valence-corrected chi connectivity index (χ0v) is 19.0. The van der Waals surface area contributed by atoms with Crippen LogP contribution in [0.5, 0.6) is 0 Å². The van der Waals surface area contributed by atoms with Crippen molar-refractivity contribution in [3.8, 4) is 5.69 Å². The molecule has 1 aliphatic heterocycles. The predicted molar refractivity (Wildman–Crippen MR) is 127 cm³/mol. The zero-order valence-electron chi connectivity index (χ0n) is 18.3. The highest BCUT2D eigenvalue weighted by atomic mass is 35.5. The summed E-state index contributed by atoms with van der Waals surface area (Å²) in [5, 5.41) is 12.6. The van der Waals surface area contributed by atoms with Crippen LogP contribution in [0.25, 0.3) is 16.6 Å². The summed E-state index contributed by atoms with van der Waals surface area (Å²) < 4.78 is 6.72. The van der Waals surface area contributed by atoms with Gasteiger partial charge in [0.05, 0.1) is 22.4 Å². The summed E-state index contributed by atoms with van der Waals surface area (Å²) in [6.45, 7) is 4.51. The van der Waals surface area contributed by atoms with Gasteiger partial charge < -0.3 is 19.1 Å². The molecular formula is C23H23ClN4O5. The number of nitro groups is 1. The van der Waals surface area contributed by atoms with E-state index >= 15 is 0 Å². The van der Waals surface area contributed by atoms with Crippen molar-refractivity contribution >= 4 is 39.8 Å². The Hall–Kier alpha value is -3.43. The van der Waals surface area contributed by atoms with Gasteiger partial charge in [-0.2, -0.15) is 0 Å². The number of benzene rings is 2. The van der Waals surface area contributed by atoms with Crippen molar-refractivity contribution in [1.82, 2.24) is 9.47 Å². The van der Waals surface area contributed by atoms with Crippen LogP contribution >= 0.6 is 11.6 Å². The van der Waals surface area contributed by atoms with Gasteiger partial charge in [0, 0.05) is 49.2 Å². The molecule has 0 aliphatic carbocycles. The standard InChI is InChI=1S/C23H23ClN4O5/c1-3-33-23(30)18-14-27(16-6-4-15(24)5-7-16)19-13-20(26-10-8-25(2)9-11-26)21(28(31)32)12-17(19)22(18)29/h4-7,12-14H,3,8-11H2,1-2H3. The summed E-state index contributed by atoms with van der Waals surface area (Å²) in [6, 6.07) is 9.80. The molecular weight excluding hydrogens is 448 g/mol. The first-order valence-electron chi connectivity index (χ1n) is 10.5. The highest BCUT2D eigenvalue weighted by Crippen LogP contribution is 2.34. The number of pyridine rings is 1. The molecule has 2 heterocycles. The maximum absolute atomic E-state index is 13.2. The quantitative estimate of drug-likeness (QED) is 0.320. The average molecular weight is 471 g/mol. The van der Waals surface area contributed by atoms with Crippen molar-refractivity contribution in [1.29, 1.82) is 0 Å². The first-order chi connectivity index (χ1) is 15.8. The van der Waals surface area contributed by atoms with Crippen molar-refractivity contribution in [3.05, 3.63) is 73.5 Å². The number of nitrogens with zero attached hydrogens (tertiary/aromatic N) is 4. The molecule has 0 N–H and O–H groups in total. The van der Waals surface area contributed by atoms with Crippen LogP contribution in [0.4, 0.5) is 11.4 Å². The summed E-state index contributed by atoms with van der Waals surface area (Å²) in [7, 11) is 2.00. The van der Waals surface area contributed by atoms with Gasteiger partial charge in [-0.15, -0.1) is 0 Å². The molecule has 0 saturated carbocycles. The number of esters is 1. The van der Waals surface area contributed by atoms with Crippen LogP contribution in [0, 0.1) is 10.1 Å². The SMILES string of the molecule is CCOC(=O)c1cn(-c2ccc(Cl)cc2)c2cc(N3CCN(C)CC3)c([N+](=O)[O-])cc2c1=O. The highest BCUT2D eigenvalue weighted by Gasteiger charge is 2.26. The number of rotatable bonds is 5. The number of nitro benzene ring substituents is 1. The maximum atomic E-state index is 13.2. The fraction of sp³-hybridized carbons (Fsp3) is 0.304. The number of halogens is 1. The third-order valence-corrected chi connectivity index (χ3v) is 5.99. The summed E-state index contributed by atoms with van der Waals surface area (Å²) >= 11 is 6.04. The summed E-state index contributed by atoms with van der Waals surface area (Å²) in [5.74, 6) is -0.780. The second kappa shape index (κ2) is 9.21. The van der Waals surface area contributed by atoms with E-state index in [1.807, 2.05) is 11.9 Å². The Morgan fingerprint density at radius 3 is 2.42 bits per heavy atom. The third-order valence-electron chi connectivity index (χ3n) is 5.74. The molecule has 10 heteroatoms. The van der Waals surface area contributed by atoms with Gasteiger partial charge in [0.2, 0.25) is 5.43 Å². The Morgan fingerprint density at radius 1 is 1.15 bits per heavy atom. The van der Waals surface area contributed by atoms with E-state index in [-0.39, 0.29) is 23.2 Å². The fourth-order valence-corrected chi connectivity index (χ4v) is 4.09. The third kappa shape index (κ3) is 4.42. The molecule has 0 unspecified atom stereocenters. The van der Waals surface area contributed by atoms with E-state index in [9.17, 15) is 19.7 Å². The van der Waals surface area contributed by atoms with Crippen molar-refractivity contribution in [2.24, 2.45) is 0 Å². The molecule has 1 aromatic heterocycles. The number of hydrogen-bond donors (Lipinski definition) is 0. The molecule has 172 valence electrons. The number of piperazine rings is 1. The Balaban J connectivity index is 2.02. The van der Waals surface area contributed by atoms with Crippen LogP contribution in [0.1, 0.15) is 17.3 Å². The average Bonchev–Trinajstić information content (AvgIpc) is 2.80. The Labute approximate surface area is 194 Å². The lowest BCUT2D eigenvalue weighted by Crippen LogP contribution is -2.44. The highest BCUT2D eigenvalue weighted by molar-refractivity contribution is 6.30. The molecule has 1 aliphatic rings. The fourth-order valence-electron chi connectivity index (χ4n) is 3.97. The zero-order chi connectivity index (χ0) is 23.7. The first-order valence-corrected chi connectivity index (χ1v) is 10.9. The van der Waals surface area contributed by atoms with Crippen LogP contribution in [0.15, 0.2) is 47.4 Å². The number of aromatic nitrogens is 1. The Morgan fingerprint density at radius 2 is 1.82 bits per heavy atom. The van der Waals surface area contributed by atoms with Gasteiger partial charge in [-0.25, -0.2) is 4.79 Å². The second-order valence-electron chi connectivity index (χ2n) is 7.84. The number of carbonyl (C=O) groups excluding carboxylic acids is 1. The first kappa shape index (κ1) is 22.8. The van der Waals surface area contributed by atoms with E-state index in [1.54, 1.807) is 41.8 Å². The molecule has 0 amide bonds. The van der Waals surface area contributed by atoms with E-state index in [0.717, 1.165) is 13.1 Å². The molecule has 3 aromatic rings. The van der Waals surface area contributed by atoms with E-state index < -0.39 is 16.3 Å². The molecule has 2 aromatic carbocycles. The van der Waals surface area contributed by atoms with Crippen LogP contribution in [0.2, 0.25) is 5.02 Å². The molecule has 0 radical (unpaired) electrons. The summed E-state index contributed by atoms with van der Waals surface area (Å²) in [4.78, 5) is 41.3. The monoisotopic (exact) mass is 470 g/mol. The lowest BCUT2D eigenvalue weighted by atomic mass is 10.1. The van der Waals surface area contributed by atoms with Gasteiger partial charge in [-0.1, -0.05) is 11.6 Å².